The first-order valence-corrected chi connectivity index (χ1v) is 6.86. The van der Waals surface area contributed by atoms with Crippen LogP contribution in [0.5, 0.6) is 0 Å². The van der Waals surface area contributed by atoms with Gasteiger partial charge in [-0.15, -0.1) is 0 Å². The summed E-state index contributed by atoms with van der Waals surface area (Å²) in [7, 11) is 0. The number of hydrogen-bond donors (Lipinski definition) is 2. The molecule has 3 N–H and O–H groups in total. The quantitative estimate of drug-likeness (QED) is 0.891. The summed E-state index contributed by atoms with van der Waals surface area (Å²) in [6.45, 7) is 2.95. The van der Waals surface area contributed by atoms with Crippen molar-refractivity contribution in [1.82, 2.24) is 4.57 Å². The van der Waals surface area contributed by atoms with Crippen LogP contribution in [0.1, 0.15) is 21.6 Å². The van der Waals surface area contributed by atoms with Gasteiger partial charge in [-0.2, -0.15) is 0 Å². The molecule has 23 heavy (non-hydrogen) atoms. The van der Waals surface area contributed by atoms with Gasteiger partial charge in [0.2, 0.25) is 5.91 Å². The van der Waals surface area contributed by atoms with E-state index in [1.165, 1.54) is 18.2 Å². The van der Waals surface area contributed by atoms with E-state index in [9.17, 15) is 18.8 Å². The number of carbonyl (C=O) groups is 2. The van der Waals surface area contributed by atoms with Crippen LogP contribution < -0.4 is 16.6 Å². The van der Waals surface area contributed by atoms with Crippen molar-refractivity contribution in [1.29, 1.82) is 0 Å². The standard InChI is InChI=1S/C16H16FN3O3/c1-9-6-10(2)20(16(23)14(9)15(18)22)8-13(21)19-12-5-3-4-11(17)7-12/h3-7H,8H2,1-2H3,(H2,18,22)(H,19,21). The molecule has 0 unspecified atom stereocenters. The van der Waals surface area contributed by atoms with Gasteiger partial charge in [0.05, 0.1) is 0 Å². The van der Waals surface area contributed by atoms with Gasteiger partial charge in [-0.3, -0.25) is 14.4 Å². The Morgan fingerprint density at radius 2 is 1.96 bits per heavy atom. The number of nitrogens with zero attached hydrogens (tertiary/aromatic N) is 1. The van der Waals surface area contributed by atoms with E-state index in [4.69, 9.17) is 5.73 Å². The first-order chi connectivity index (χ1) is 10.8. The van der Waals surface area contributed by atoms with E-state index < -0.39 is 23.2 Å². The second kappa shape index (κ2) is 6.43. The Balaban J connectivity index is 2.29. The summed E-state index contributed by atoms with van der Waals surface area (Å²) in [4.78, 5) is 35.8. The number of primary amides is 1. The Kier molecular flexibility index (Phi) is 4.59. The van der Waals surface area contributed by atoms with Crippen LogP contribution in [0.2, 0.25) is 0 Å². The zero-order valence-corrected chi connectivity index (χ0v) is 12.7. The molecule has 2 rings (SSSR count). The van der Waals surface area contributed by atoms with E-state index in [1.54, 1.807) is 19.9 Å². The van der Waals surface area contributed by atoms with Crippen LogP contribution in [-0.2, 0) is 11.3 Å². The highest BCUT2D eigenvalue weighted by molar-refractivity contribution is 5.94. The van der Waals surface area contributed by atoms with Crippen LogP contribution >= 0.6 is 0 Å². The van der Waals surface area contributed by atoms with Gasteiger partial charge in [0.1, 0.15) is 17.9 Å². The van der Waals surface area contributed by atoms with Crippen molar-refractivity contribution in [2.45, 2.75) is 20.4 Å². The van der Waals surface area contributed by atoms with E-state index >= 15 is 0 Å². The molecule has 0 atom stereocenters. The molecule has 6 nitrogen and oxygen atoms in total. The second-order valence-electron chi connectivity index (χ2n) is 5.16. The van der Waals surface area contributed by atoms with Crippen LogP contribution in [0.25, 0.3) is 0 Å². The number of nitrogens with one attached hydrogen (secondary N) is 1. The molecule has 2 amide bonds. The molecule has 0 aliphatic heterocycles. The third-order valence-corrected chi connectivity index (χ3v) is 3.36. The maximum absolute atomic E-state index is 13.1. The lowest BCUT2D eigenvalue weighted by Gasteiger charge is -2.13. The summed E-state index contributed by atoms with van der Waals surface area (Å²) in [6, 6.07) is 7.01. The van der Waals surface area contributed by atoms with Gasteiger partial charge >= 0.3 is 0 Å². The first kappa shape index (κ1) is 16.4. The molecule has 1 heterocycles. The average molecular weight is 317 g/mol. The van der Waals surface area contributed by atoms with E-state index in [-0.39, 0.29) is 17.8 Å². The molecule has 1 aromatic heterocycles. The molecule has 0 aliphatic carbocycles. The fourth-order valence-electron chi connectivity index (χ4n) is 2.33. The fourth-order valence-corrected chi connectivity index (χ4v) is 2.33. The molecule has 120 valence electrons. The molecule has 2 aromatic rings. The van der Waals surface area contributed by atoms with Crippen molar-refractivity contribution in [3.05, 3.63) is 63.3 Å². The molecule has 1 aromatic carbocycles. The predicted molar refractivity (Wildman–Crippen MR) is 83.7 cm³/mol. The van der Waals surface area contributed by atoms with Crippen molar-refractivity contribution < 1.29 is 14.0 Å². The molecule has 0 spiro atoms. The number of aryl methyl sites for hydroxylation is 2. The number of anilines is 1. The molecular weight excluding hydrogens is 301 g/mol. The van der Waals surface area contributed by atoms with E-state index in [2.05, 4.69) is 5.32 Å². The van der Waals surface area contributed by atoms with Gasteiger partial charge in [0.15, 0.2) is 0 Å². The van der Waals surface area contributed by atoms with Gasteiger partial charge in [0.25, 0.3) is 11.5 Å². The lowest BCUT2D eigenvalue weighted by Crippen LogP contribution is -2.35. The fraction of sp³-hybridized carbons (Fsp3) is 0.188. The number of hydrogen-bond acceptors (Lipinski definition) is 3. The number of rotatable bonds is 4. The maximum atomic E-state index is 13.1. The smallest absolute Gasteiger partial charge is 0.264 e. The van der Waals surface area contributed by atoms with E-state index in [0.717, 1.165) is 10.6 Å². The van der Waals surface area contributed by atoms with E-state index in [0.29, 0.717) is 11.3 Å². The minimum Gasteiger partial charge on any atom is -0.365 e. The van der Waals surface area contributed by atoms with Gasteiger partial charge in [-0.05, 0) is 43.7 Å². The summed E-state index contributed by atoms with van der Waals surface area (Å²) in [5.74, 6) is -1.84. The third-order valence-electron chi connectivity index (χ3n) is 3.36. The normalized spacial score (nSPS) is 10.4. The van der Waals surface area contributed by atoms with Crippen molar-refractivity contribution in [3.63, 3.8) is 0 Å². The first-order valence-electron chi connectivity index (χ1n) is 6.86. The number of carbonyl (C=O) groups excluding carboxylic acids is 2. The highest BCUT2D eigenvalue weighted by Crippen LogP contribution is 2.10. The van der Waals surface area contributed by atoms with Gasteiger partial charge in [-0.1, -0.05) is 6.07 Å². The SMILES string of the molecule is Cc1cc(C)n(CC(=O)Nc2cccc(F)c2)c(=O)c1C(N)=O. The monoisotopic (exact) mass is 317 g/mol. The Hall–Kier alpha value is -2.96. The Bertz CT molecular complexity index is 843. The molecular formula is C16H16FN3O3. The molecule has 0 saturated heterocycles. The largest absolute Gasteiger partial charge is 0.365 e. The molecule has 0 saturated carbocycles. The minimum absolute atomic E-state index is 0.144. The molecule has 7 heteroatoms. The van der Waals surface area contributed by atoms with Gasteiger partial charge < -0.3 is 15.6 Å². The highest BCUT2D eigenvalue weighted by atomic mass is 19.1. The number of benzene rings is 1. The summed E-state index contributed by atoms with van der Waals surface area (Å²) < 4.78 is 14.3. The zero-order valence-electron chi connectivity index (χ0n) is 12.7. The van der Waals surface area contributed by atoms with Crippen LogP contribution in [0, 0.1) is 19.7 Å². The maximum Gasteiger partial charge on any atom is 0.264 e. The summed E-state index contributed by atoms with van der Waals surface area (Å²) in [6.07, 6.45) is 0. The van der Waals surface area contributed by atoms with Crippen LogP contribution in [0.3, 0.4) is 0 Å². The number of nitrogens with two attached hydrogens (primary N) is 1. The average Bonchev–Trinajstić information content (AvgIpc) is 2.42. The van der Waals surface area contributed by atoms with Crippen LogP contribution in [0.15, 0.2) is 35.1 Å². The Labute approximate surface area is 131 Å². The summed E-state index contributed by atoms with van der Waals surface area (Å²) in [5, 5.41) is 2.49. The Morgan fingerprint density at radius 1 is 1.26 bits per heavy atom. The summed E-state index contributed by atoms with van der Waals surface area (Å²) >= 11 is 0. The van der Waals surface area contributed by atoms with Crippen molar-refractivity contribution in [2.75, 3.05) is 5.32 Å². The third kappa shape index (κ3) is 3.63. The predicted octanol–water partition coefficient (Wildman–Crippen LogP) is 1.34. The van der Waals surface area contributed by atoms with Crippen LogP contribution in [0.4, 0.5) is 10.1 Å². The topological polar surface area (TPSA) is 94.2 Å². The highest BCUT2D eigenvalue weighted by Gasteiger charge is 2.16. The molecule has 0 aliphatic rings. The van der Waals surface area contributed by atoms with Gasteiger partial charge in [-0.25, -0.2) is 4.39 Å². The second-order valence-corrected chi connectivity index (χ2v) is 5.16. The minimum atomic E-state index is -0.841. The molecule has 0 fully saturated rings. The van der Waals surface area contributed by atoms with Crippen molar-refractivity contribution in [3.8, 4) is 0 Å². The lowest BCUT2D eigenvalue weighted by atomic mass is 10.1. The zero-order chi connectivity index (χ0) is 17.1. The summed E-state index contributed by atoms with van der Waals surface area (Å²) in [5.41, 5.74) is 5.71. The Morgan fingerprint density at radius 3 is 2.57 bits per heavy atom. The van der Waals surface area contributed by atoms with Crippen molar-refractivity contribution >= 4 is 17.5 Å². The van der Waals surface area contributed by atoms with Crippen molar-refractivity contribution in [2.24, 2.45) is 5.73 Å². The van der Waals surface area contributed by atoms with E-state index in [1.807, 2.05) is 0 Å². The molecule has 0 bridgehead atoms. The number of aromatic nitrogens is 1. The van der Waals surface area contributed by atoms with Gasteiger partial charge in [0, 0.05) is 11.4 Å². The van der Waals surface area contributed by atoms with Crippen LogP contribution in [-0.4, -0.2) is 16.4 Å². The number of amides is 2. The lowest BCUT2D eigenvalue weighted by molar-refractivity contribution is -0.116. The molecule has 0 radical (unpaired) electrons. The number of halogens is 1. The number of pyridine rings is 1.